The van der Waals surface area contributed by atoms with Gasteiger partial charge in [-0.1, -0.05) is 60.7 Å². The highest BCUT2D eigenvalue weighted by atomic mass is 16.5. The van der Waals surface area contributed by atoms with Crippen molar-refractivity contribution in [1.82, 2.24) is 28.7 Å². The second-order valence-corrected chi connectivity index (χ2v) is 15.7. The number of fused-ring (bicyclic) bond motifs is 2. The smallest absolute Gasteiger partial charge is 0.259 e. The van der Waals surface area contributed by atoms with Gasteiger partial charge in [-0.05, 0) is 123 Å². The second kappa shape index (κ2) is 18.8. The molecule has 66 heavy (non-hydrogen) atoms. The lowest BCUT2D eigenvalue weighted by atomic mass is 10.1. The highest BCUT2D eigenvalue weighted by molar-refractivity contribution is 6.07. The van der Waals surface area contributed by atoms with Crippen LogP contribution in [0.25, 0.3) is 33.8 Å². The first-order chi connectivity index (χ1) is 32.1. The van der Waals surface area contributed by atoms with Gasteiger partial charge >= 0.3 is 0 Å². The summed E-state index contributed by atoms with van der Waals surface area (Å²) in [6, 6.07) is 45.1. The molecule has 0 spiro atoms. The van der Waals surface area contributed by atoms with E-state index in [1.165, 1.54) is 0 Å². The molecule has 12 heteroatoms. The van der Waals surface area contributed by atoms with Gasteiger partial charge in [0.15, 0.2) is 0 Å². The molecular weight excluding hydrogens is 825 g/mol. The molecule has 2 amide bonds. The second-order valence-electron chi connectivity index (χ2n) is 15.7. The maximum atomic E-state index is 13.0. The van der Waals surface area contributed by atoms with Crippen molar-refractivity contribution < 1.29 is 19.1 Å². The third-order valence-electron chi connectivity index (χ3n) is 10.7. The van der Waals surface area contributed by atoms with Crippen LogP contribution in [-0.4, -0.2) is 40.6 Å². The van der Waals surface area contributed by atoms with E-state index in [1.54, 1.807) is 36.7 Å². The van der Waals surface area contributed by atoms with Crippen LogP contribution in [0.3, 0.4) is 0 Å². The van der Waals surface area contributed by atoms with E-state index in [-0.39, 0.29) is 11.8 Å². The van der Waals surface area contributed by atoms with Crippen LogP contribution < -0.4 is 20.1 Å². The fourth-order valence-corrected chi connectivity index (χ4v) is 7.27. The lowest BCUT2D eigenvalue weighted by Crippen LogP contribution is -2.13. The van der Waals surface area contributed by atoms with Crippen LogP contribution in [0.5, 0.6) is 23.3 Å². The molecule has 0 fully saturated rings. The van der Waals surface area contributed by atoms with E-state index in [2.05, 4.69) is 20.6 Å². The van der Waals surface area contributed by atoms with Gasteiger partial charge in [-0.25, -0.2) is 19.9 Å². The predicted molar refractivity (Wildman–Crippen MR) is 258 cm³/mol. The number of rotatable bonds is 10. The van der Waals surface area contributed by atoms with Crippen molar-refractivity contribution in [2.75, 3.05) is 10.6 Å². The zero-order valence-electron chi connectivity index (χ0n) is 36.6. The molecule has 0 aliphatic rings. The Balaban J connectivity index is 0.000000166. The van der Waals surface area contributed by atoms with Crippen molar-refractivity contribution in [3.05, 3.63) is 216 Å². The summed E-state index contributed by atoms with van der Waals surface area (Å²) in [4.78, 5) is 43.9. The van der Waals surface area contributed by atoms with E-state index in [0.29, 0.717) is 45.8 Å². The normalized spacial score (nSPS) is 10.8. The molecule has 2 N–H and O–H groups in total. The summed E-state index contributed by atoms with van der Waals surface area (Å²) in [5.41, 5.74) is 12.1. The molecule has 6 aromatic heterocycles. The van der Waals surface area contributed by atoms with Gasteiger partial charge < -0.3 is 28.9 Å². The highest BCUT2D eigenvalue weighted by Crippen LogP contribution is 2.30. The Labute approximate surface area is 381 Å². The molecule has 0 unspecified atom stereocenters. The standard InChI is InChI=1S/2C27H22N4O2/c2*1-18-8-13-22(24(16-18)33-25-7-3-4-14-28-25)27(32)29-21-11-9-20(10-12-21)23-17-31-15-5-6-19(2)26(31)30-23/h2*3-17H,1-2H3,(H,29,32). The van der Waals surface area contributed by atoms with Crippen LogP contribution >= 0.6 is 0 Å². The van der Waals surface area contributed by atoms with Gasteiger partial charge in [-0.15, -0.1) is 0 Å². The molecule has 0 aliphatic carbocycles. The summed E-state index contributed by atoms with van der Waals surface area (Å²) in [7, 11) is 0. The van der Waals surface area contributed by atoms with Crippen LogP contribution in [0.1, 0.15) is 43.0 Å². The number of nitrogens with one attached hydrogen (secondary N) is 2. The fraction of sp³-hybridized carbons (Fsp3) is 0.0741. The molecule has 0 saturated heterocycles. The van der Waals surface area contributed by atoms with Crippen LogP contribution in [0.15, 0.2) is 183 Å². The van der Waals surface area contributed by atoms with Crippen molar-refractivity contribution in [3.8, 4) is 45.8 Å². The maximum absolute atomic E-state index is 13.0. The molecule has 324 valence electrons. The van der Waals surface area contributed by atoms with Crippen molar-refractivity contribution in [2.45, 2.75) is 27.7 Å². The summed E-state index contributed by atoms with van der Waals surface area (Å²) >= 11 is 0. The van der Waals surface area contributed by atoms with Crippen LogP contribution in [0.4, 0.5) is 11.4 Å². The molecule has 0 saturated carbocycles. The SMILES string of the molecule is Cc1ccc(C(=O)Nc2ccc(-c3cn4cccc(C)c4n3)cc2)c(Oc2ccccn2)c1.Cc1ccc(C(=O)Nc2ccc(-c3cn4cccc(C)c4n3)cc2)c(Oc2ccccn2)c1. The number of benzene rings is 4. The van der Waals surface area contributed by atoms with Gasteiger partial charge in [0.05, 0.1) is 22.5 Å². The number of amides is 2. The Kier molecular flexibility index (Phi) is 12.1. The number of hydrogen-bond donors (Lipinski definition) is 2. The molecule has 10 rings (SSSR count). The van der Waals surface area contributed by atoms with Gasteiger partial charge in [-0.2, -0.15) is 0 Å². The number of aromatic nitrogens is 6. The zero-order chi connectivity index (χ0) is 45.6. The van der Waals surface area contributed by atoms with Gasteiger partial charge in [0.25, 0.3) is 11.8 Å². The molecule has 12 nitrogen and oxygen atoms in total. The summed E-state index contributed by atoms with van der Waals surface area (Å²) in [6.07, 6.45) is 11.3. The van der Waals surface area contributed by atoms with Crippen molar-refractivity contribution in [3.63, 3.8) is 0 Å². The number of pyridine rings is 4. The summed E-state index contributed by atoms with van der Waals surface area (Å²) in [5.74, 6) is 1.29. The van der Waals surface area contributed by atoms with Crippen molar-refractivity contribution >= 4 is 34.5 Å². The lowest BCUT2D eigenvalue weighted by molar-refractivity contribution is 0.101. The average molecular weight is 869 g/mol. The minimum atomic E-state index is -0.253. The van der Waals surface area contributed by atoms with E-state index in [4.69, 9.17) is 19.4 Å². The molecule has 0 aliphatic heterocycles. The number of carbonyl (C=O) groups excluding carboxylic acids is 2. The molecule has 10 aromatic rings. The lowest BCUT2D eigenvalue weighted by Gasteiger charge is -2.12. The Bertz CT molecular complexity index is 3110. The minimum absolute atomic E-state index is 0.253. The Hall–Kier alpha value is -8.90. The third-order valence-corrected chi connectivity index (χ3v) is 10.7. The van der Waals surface area contributed by atoms with E-state index >= 15 is 0 Å². The van der Waals surface area contributed by atoms with Crippen molar-refractivity contribution in [1.29, 1.82) is 0 Å². The maximum Gasteiger partial charge on any atom is 0.259 e. The Morgan fingerprint density at radius 3 is 1.29 bits per heavy atom. The molecule has 4 aromatic carbocycles. The Morgan fingerprint density at radius 2 is 0.909 bits per heavy atom. The van der Waals surface area contributed by atoms with Crippen LogP contribution in [0.2, 0.25) is 0 Å². The van der Waals surface area contributed by atoms with E-state index in [0.717, 1.165) is 56.1 Å². The van der Waals surface area contributed by atoms with Gasteiger partial charge in [0.1, 0.15) is 22.8 Å². The first-order valence-electron chi connectivity index (χ1n) is 21.2. The largest absolute Gasteiger partial charge is 0.438 e. The summed E-state index contributed by atoms with van der Waals surface area (Å²) in [6.45, 7) is 7.99. The number of hydrogen-bond acceptors (Lipinski definition) is 8. The summed E-state index contributed by atoms with van der Waals surface area (Å²) < 4.78 is 15.8. The average Bonchev–Trinajstić information content (AvgIpc) is 3.98. The number of carbonyl (C=O) groups is 2. The molecular formula is C54H44N8O4. The zero-order valence-corrected chi connectivity index (χ0v) is 36.6. The summed E-state index contributed by atoms with van der Waals surface area (Å²) in [5, 5.41) is 5.91. The third kappa shape index (κ3) is 9.68. The van der Waals surface area contributed by atoms with E-state index in [9.17, 15) is 9.59 Å². The van der Waals surface area contributed by atoms with Gasteiger partial charge in [0, 0.05) is 71.8 Å². The first kappa shape index (κ1) is 42.4. The first-order valence-corrected chi connectivity index (χ1v) is 21.2. The molecule has 0 bridgehead atoms. The number of aryl methyl sites for hydroxylation is 4. The van der Waals surface area contributed by atoms with Crippen molar-refractivity contribution in [2.24, 2.45) is 0 Å². The number of imidazole rings is 2. The number of anilines is 2. The Morgan fingerprint density at radius 1 is 0.485 bits per heavy atom. The topological polar surface area (TPSA) is 137 Å². The monoisotopic (exact) mass is 868 g/mol. The number of ether oxygens (including phenoxy) is 2. The van der Waals surface area contributed by atoms with E-state index < -0.39 is 0 Å². The highest BCUT2D eigenvalue weighted by Gasteiger charge is 2.17. The molecule has 0 radical (unpaired) electrons. The van der Waals surface area contributed by atoms with Gasteiger partial charge in [0.2, 0.25) is 11.8 Å². The van der Waals surface area contributed by atoms with Crippen LogP contribution in [0, 0.1) is 27.7 Å². The molecule has 0 atom stereocenters. The predicted octanol–water partition coefficient (Wildman–Crippen LogP) is 12.1. The minimum Gasteiger partial charge on any atom is -0.438 e. The van der Waals surface area contributed by atoms with E-state index in [1.807, 2.05) is 183 Å². The van der Waals surface area contributed by atoms with Crippen LogP contribution in [-0.2, 0) is 0 Å². The molecule has 6 heterocycles. The van der Waals surface area contributed by atoms with Gasteiger partial charge in [-0.3, -0.25) is 9.59 Å². The number of nitrogens with zero attached hydrogens (tertiary/aromatic N) is 6. The quantitative estimate of drug-likeness (QED) is 0.139. The fourth-order valence-electron chi connectivity index (χ4n) is 7.27.